The molecule has 40 heavy (non-hydrogen) atoms. The third-order valence-corrected chi connectivity index (χ3v) is 7.18. The first-order chi connectivity index (χ1) is 19.2. The van der Waals surface area contributed by atoms with Gasteiger partial charge in [0.15, 0.2) is 6.61 Å². The van der Waals surface area contributed by atoms with Gasteiger partial charge < -0.3 is 26.3 Å². The second-order valence-corrected chi connectivity index (χ2v) is 10.2. The molecule has 0 radical (unpaired) electrons. The van der Waals surface area contributed by atoms with Gasteiger partial charge in [0.05, 0.1) is 5.02 Å². The van der Waals surface area contributed by atoms with Crippen molar-refractivity contribution in [2.45, 2.75) is 5.75 Å². The van der Waals surface area contributed by atoms with Crippen LogP contribution in [0, 0.1) is 11.2 Å². The molecule has 0 saturated heterocycles. The SMILES string of the molecule is N=Cc1ccc(OCC(=O)NCCSCc2c(F)cccc2Cl)c2ccccc12.NC(=O)c1ccc(O)c(Cl)c1. The van der Waals surface area contributed by atoms with E-state index in [1.54, 1.807) is 24.3 Å². The van der Waals surface area contributed by atoms with E-state index in [9.17, 15) is 14.0 Å². The van der Waals surface area contributed by atoms with Crippen LogP contribution in [0.3, 0.4) is 0 Å². The predicted molar refractivity (Wildman–Crippen MR) is 160 cm³/mol. The Labute approximate surface area is 244 Å². The molecule has 11 heteroatoms. The fourth-order valence-corrected chi connectivity index (χ4v) is 4.89. The van der Waals surface area contributed by atoms with Crippen LogP contribution in [-0.4, -0.2) is 42.0 Å². The number of carbonyl (C=O) groups is 2. The van der Waals surface area contributed by atoms with E-state index >= 15 is 0 Å². The second kappa shape index (κ2) is 15.1. The van der Waals surface area contributed by atoms with Gasteiger partial charge in [0, 0.05) is 51.4 Å². The summed E-state index contributed by atoms with van der Waals surface area (Å²) < 4.78 is 19.4. The first-order valence-electron chi connectivity index (χ1n) is 11.9. The monoisotopic (exact) mass is 601 g/mol. The zero-order chi connectivity index (χ0) is 29.1. The lowest BCUT2D eigenvalue weighted by atomic mass is 10.0. The number of amides is 2. The summed E-state index contributed by atoms with van der Waals surface area (Å²) in [6, 6.07) is 19.9. The number of thioether (sulfide) groups is 1. The van der Waals surface area contributed by atoms with Gasteiger partial charge in [-0.15, -0.1) is 0 Å². The van der Waals surface area contributed by atoms with Gasteiger partial charge in [-0.25, -0.2) is 4.39 Å². The fourth-order valence-electron chi connectivity index (χ4n) is 3.51. The quantitative estimate of drug-likeness (QED) is 0.127. The third kappa shape index (κ3) is 8.61. The number of phenols is 1. The van der Waals surface area contributed by atoms with E-state index in [4.69, 9.17) is 44.2 Å². The maximum Gasteiger partial charge on any atom is 0.257 e. The van der Waals surface area contributed by atoms with E-state index in [-0.39, 0.29) is 34.7 Å². The van der Waals surface area contributed by atoms with Crippen molar-refractivity contribution in [1.82, 2.24) is 5.32 Å². The van der Waals surface area contributed by atoms with Crippen molar-refractivity contribution in [3.63, 3.8) is 0 Å². The van der Waals surface area contributed by atoms with Crippen LogP contribution in [-0.2, 0) is 10.5 Å². The molecule has 4 aromatic carbocycles. The van der Waals surface area contributed by atoms with Crippen LogP contribution in [0.2, 0.25) is 10.0 Å². The average molecular weight is 603 g/mol. The van der Waals surface area contributed by atoms with Crippen LogP contribution < -0.4 is 15.8 Å². The Morgan fingerprint density at radius 3 is 2.45 bits per heavy atom. The molecule has 0 unspecified atom stereocenters. The van der Waals surface area contributed by atoms with E-state index < -0.39 is 5.91 Å². The Hall–Kier alpha value is -3.79. The lowest BCUT2D eigenvalue weighted by molar-refractivity contribution is -0.122. The molecule has 0 aromatic heterocycles. The maximum absolute atomic E-state index is 13.7. The maximum atomic E-state index is 13.7. The van der Waals surface area contributed by atoms with Gasteiger partial charge in [0.2, 0.25) is 5.91 Å². The number of nitrogens with two attached hydrogens (primary N) is 1. The van der Waals surface area contributed by atoms with Crippen LogP contribution in [0.4, 0.5) is 4.39 Å². The highest BCUT2D eigenvalue weighted by Crippen LogP contribution is 2.28. The number of carbonyl (C=O) groups excluding carboxylic acids is 2. The molecular weight excluding hydrogens is 576 g/mol. The van der Waals surface area contributed by atoms with Gasteiger partial charge in [-0.05, 0) is 47.9 Å². The van der Waals surface area contributed by atoms with Crippen LogP contribution in [0.25, 0.3) is 10.8 Å². The van der Waals surface area contributed by atoms with Crippen LogP contribution in [0.15, 0.2) is 72.8 Å². The summed E-state index contributed by atoms with van der Waals surface area (Å²) in [6.07, 6.45) is 1.30. The molecule has 4 aromatic rings. The third-order valence-electron chi connectivity index (χ3n) is 5.54. The standard InChI is InChI=1S/C22H20ClFN2O2S.C7H6ClNO2/c23-19-6-3-7-20(24)18(19)14-29-11-10-26-22(27)13-28-21-9-8-15(12-25)16-4-1-2-5-17(16)21;8-5-3-4(7(9)11)1-2-6(5)10/h1-9,12,25H,10-11,13-14H2,(H,26,27);1-3,10H,(H2,9,11). The molecule has 4 rings (SSSR count). The van der Waals surface area contributed by atoms with Gasteiger partial charge in [-0.1, -0.05) is 53.5 Å². The molecule has 0 aliphatic rings. The zero-order valence-corrected chi connectivity index (χ0v) is 23.5. The predicted octanol–water partition coefficient (Wildman–Crippen LogP) is 6.20. The van der Waals surface area contributed by atoms with Crippen molar-refractivity contribution < 1.29 is 23.8 Å². The normalized spacial score (nSPS) is 10.4. The Balaban J connectivity index is 0.000000336. The molecule has 0 aliphatic carbocycles. The minimum Gasteiger partial charge on any atom is -0.506 e. The van der Waals surface area contributed by atoms with Crippen LogP contribution in [0.5, 0.6) is 11.5 Å². The summed E-state index contributed by atoms with van der Waals surface area (Å²) in [7, 11) is 0. The molecule has 5 N–H and O–H groups in total. The van der Waals surface area contributed by atoms with Crippen molar-refractivity contribution in [2.75, 3.05) is 18.9 Å². The number of primary amides is 1. The van der Waals surface area contributed by atoms with E-state index in [2.05, 4.69) is 5.32 Å². The summed E-state index contributed by atoms with van der Waals surface area (Å²) in [5.74, 6) is 0.517. The highest BCUT2D eigenvalue weighted by molar-refractivity contribution is 7.98. The summed E-state index contributed by atoms with van der Waals surface area (Å²) in [5, 5.41) is 21.5. The first kappa shape index (κ1) is 30.7. The first-order valence-corrected chi connectivity index (χ1v) is 13.8. The molecule has 0 bridgehead atoms. The lowest BCUT2D eigenvalue weighted by Gasteiger charge is -2.11. The number of aromatic hydroxyl groups is 1. The number of ether oxygens (including phenoxy) is 1. The number of nitrogens with one attached hydrogen (secondary N) is 2. The van der Waals surface area contributed by atoms with E-state index in [0.29, 0.717) is 34.4 Å². The van der Waals surface area contributed by atoms with E-state index in [1.165, 1.54) is 42.2 Å². The van der Waals surface area contributed by atoms with Gasteiger partial charge in [0.1, 0.15) is 17.3 Å². The molecule has 0 fully saturated rings. The van der Waals surface area contributed by atoms with Gasteiger partial charge in [0.25, 0.3) is 5.91 Å². The molecule has 208 valence electrons. The minimum atomic E-state index is -0.563. The number of hydrogen-bond donors (Lipinski definition) is 4. The van der Waals surface area contributed by atoms with Crippen molar-refractivity contribution in [3.8, 4) is 11.5 Å². The van der Waals surface area contributed by atoms with Crippen molar-refractivity contribution >= 4 is 63.8 Å². The van der Waals surface area contributed by atoms with Gasteiger partial charge in [-0.3, -0.25) is 9.59 Å². The Morgan fingerprint density at radius 2 is 1.77 bits per heavy atom. The van der Waals surface area contributed by atoms with E-state index in [1.807, 2.05) is 24.3 Å². The van der Waals surface area contributed by atoms with Crippen LogP contribution in [0.1, 0.15) is 21.5 Å². The topological polar surface area (TPSA) is 126 Å². The molecular formula is C29H26Cl2FN3O4S. The Kier molecular flexibility index (Phi) is 11.6. The summed E-state index contributed by atoms with van der Waals surface area (Å²) in [6.45, 7) is 0.351. The van der Waals surface area contributed by atoms with E-state index in [0.717, 1.165) is 16.3 Å². The summed E-state index contributed by atoms with van der Waals surface area (Å²) in [5.41, 5.74) is 6.51. The van der Waals surface area contributed by atoms with Crippen molar-refractivity contribution in [2.24, 2.45) is 5.73 Å². The summed E-state index contributed by atoms with van der Waals surface area (Å²) >= 11 is 13.0. The van der Waals surface area contributed by atoms with Gasteiger partial charge in [-0.2, -0.15) is 11.8 Å². The molecule has 0 aliphatic heterocycles. The number of rotatable bonds is 10. The fraction of sp³-hybridized carbons (Fsp3) is 0.138. The average Bonchev–Trinajstić information content (AvgIpc) is 2.94. The van der Waals surface area contributed by atoms with Gasteiger partial charge >= 0.3 is 0 Å². The highest BCUT2D eigenvalue weighted by Gasteiger charge is 2.09. The van der Waals surface area contributed by atoms with Crippen molar-refractivity contribution in [3.05, 3.63) is 105 Å². The molecule has 0 spiro atoms. The summed E-state index contributed by atoms with van der Waals surface area (Å²) in [4.78, 5) is 22.6. The molecule has 7 nitrogen and oxygen atoms in total. The minimum absolute atomic E-state index is 0.0586. The number of halogens is 3. The molecule has 0 saturated carbocycles. The van der Waals surface area contributed by atoms with Crippen LogP contribution >= 0.6 is 35.0 Å². The molecule has 2 amide bonds. The number of phenolic OH excluding ortho intramolecular Hbond substituents is 1. The second-order valence-electron chi connectivity index (χ2n) is 8.26. The molecule has 0 atom stereocenters. The number of hydrogen-bond acceptors (Lipinski definition) is 6. The molecule has 0 heterocycles. The number of fused-ring (bicyclic) bond motifs is 1. The lowest BCUT2D eigenvalue weighted by Crippen LogP contribution is -2.30. The largest absolute Gasteiger partial charge is 0.506 e. The zero-order valence-electron chi connectivity index (χ0n) is 21.1. The smallest absolute Gasteiger partial charge is 0.257 e. The Morgan fingerprint density at radius 1 is 1.02 bits per heavy atom. The number of benzene rings is 4. The highest BCUT2D eigenvalue weighted by atomic mass is 35.5. The Bertz CT molecular complexity index is 1500. The van der Waals surface area contributed by atoms with Crippen molar-refractivity contribution in [1.29, 1.82) is 5.41 Å².